The summed E-state index contributed by atoms with van der Waals surface area (Å²) < 4.78 is 2.09. The highest BCUT2D eigenvalue weighted by Gasteiger charge is 2.28. The zero-order chi connectivity index (χ0) is 23.7. The Morgan fingerprint density at radius 3 is 2.56 bits per heavy atom. The van der Waals surface area contributed by atoms with Gasteiger partial charge in [0.1, 0.15) is 0 Å². The molecular weight excluding hydrogens is 444 g/mol. The molecule has 1 fully saturated rings. The van der Waals surface area contributed by atoms with Gasteiger partial charge in [0.15, 0.2) is 11.0 Å². The number of hydrogen-bond donors (Lipinski definition) is 1. The highest BCUT2D eigenvalue weighted by atomic mass is 32.2. The lowest BCUT2D eigenvalue weighted by Gasteiger charge is -2.35. The Balaban J connectivity index is 1.49. The van der Waals surface area contributed by atoms with E-state index in [0.717, 1.165) is 71.4 Å². The van der Waals surface area contributed by atoms with Gasteiger partial charge in [0.25, 0.3) is 0 Å². The van der Waals surface area contributed by atoms with Crippen molar-refractivity contribution in [1.29, 1.82) is 0 Å². The molecule has 0 bridgehead atoms. The van der Waals surface area contributed by atoms with Crippen LogP contribution in [0.25, 0.3) is 28.0 Å². The van der Waals surface area contributed by atoms with Crippen molar-refractivity contribution in [2.24, 2.45) is 0 Å². The van der Waals surface area contributed by atoms with Crippen LogP contribution >= 0.6 is 11.8 Å². The normalized spacial score (nSPS) is 15.7. The van der Waals surface area contributed by atoms with Gasteiger partial charge in [-0.1, -0.05) is 55.1 Å². The second kappa shape index (κ2) is 9.64. The number of fused-ring (bicyclic) bond motifs is 1. The number of hydrogen-bond acceptors (Lipinski definition) is 5. The van der Waals surface area contributed by atoms with E-state index in [0.29, 0.717) is 0 Å². The summed E-state index contributed by atoms with van der Waals surface area (Å²) in [6, 6.07) is 16.4. The number of nitrogens with zero attached hydrogens (tertiary/aromatic N) is 5. The molecular formula is C26H30N6OS. The molecule has 1 atom stereocenters. The monoisotopic (exact) mass is 474 g/mol. The predicted molar refractivity (Wildman–Crippen MR) is 137 cm³/mol. The second-order valence-corrected chi connectivity index (χ2v) is 10.0. The number of thioether (sulfide) groups is 1. The molecule has 5 rings (SSSR count). The molecule has 1 saturated heterocycles. The minimum Gasteiger partial charge on any atom is -0.360 e. The molecule has 0 saturated carbocycles. The minimum atomic E-state index is -0.254. The summed E-state index contributed by atoms with van der Waals surface area (Å²) in [5.74, 6) is 0.930. The van der Waals surface area contributed by atoms with Crippen LogP contribution < -0.4 is 0 Å². The van der Waals surface area contributed by atoms with Crippen LogP contribution in [0.2, 0.25) is 0 Å². The van der Waals surface area contributed by atoms with Crippen LogP contribution in [-0.2, 0) is 4.79 Å². The molecule has 4 aromatic rings. The van der Waals surface area contributed by atoms with Gasteiger partial charge in [0.2, 0.25) is 5.91 Å². The molecule has 0 spiro atoms. The molecule has 7 nitrogen and oxygen atoms in total. The van der Waals surface area contributed by atoms with Crippen molar-refractivity contribution in [3.8, 4) is 17.1 Å². The number of benzene rings is 2. The number of aromatic amines is 1. The average Bonchev–Trinajstić information content (AvgIpc) is 3.48. The number of piperazine rings is 1. The largest absolute Gasteiger partial charge is 0.360 e. The third-order valence-corrected chi connectivity index (χ3v) is 7.61. The number of aryl methyl sites for hydroxylation is 1. The Kier molecular flexibility index (Phi) is 6.43. The van der Waals surface area contributed by atoms with Crippen molar-refractivity contribution in [1.82, 2.24) is 29.5 Å². The van der Waals surface area contributed by atoms with Crippen molar-refractivity contribution in [3.05, 3.63) is 60.3 Å². The molecule has 1 aliphatic heterocycles. The molecule has 0 aliphatic carbocycles. The summed E-state index contributed by atoms with van der Waals surface area (Å²) in [6.45, 7) is 10.7. The van der Waals surface area contributed by atoms with Crippen LogP contribution in [0.15, 0.2) is 59.9 Å². The summed E-state index contributed by atoms with van der Waals surface area (Å²) in [7, 11) is 0. The SMILES string of the molecule is CCN1CCN(C(=O)C(C)Sc2nnc(-c3c[nH]c4ccccc34)n2-c2ccccc2C)CC1. The van der Waals surface area contributed by atoms with Crippen molar-refractivity contribution in [2.45, 2.75) is 31.2 Å². The number of aromatic nitrogens is 4. The van der Waals surface area contributed by atoms with Crippen LogP contribution in [0.5, 0.6) is 0 Å². The highest BCUT2D eigenvalue weighted by molar-refractivity contribution is 8.00. The van der Waals surface area contributed by atoms with Crippen LogP contribution in [0, 0.1) is 6.92 Å². The number of H-pyrrole nitrogens is 1. The number of amides is 1. The van der Waals surface area contributed by atoms with Gasteiger partial charge in [-0.15, -0.1) is 10.2 Å². The van der Waals surface area contributed by atoms with Gasteiger partial charge in [-0.3, -0.25) is 9.36 Å². The van der Waals surface area contributed by atoms with Gasteiger partial charge in [-0.25, -0.2) is 0 Å². The summed E-state index contributed by atoms with van der Waals surface area (Å²) >= 11 is 1.48. The van der Waals surface area contributed by atoms with E-state index in [1.54, 1.807) is 0 Å². The maximum atomic E-state index is 13.2. The lowest BCUT2D eigenvalue weighted by Crippen LogP contribution is -2.50. The van der Waals surface area contributed by atoms with Crippen molar-refractivity contribution < 1.29 is 4.79 Å². The Labute approximate surface area is 204 Å². The average molecular weight is 475 g/mol. The fraction of sp³-hybridized carbons (Fsp3) is 0.346. The first-order chi connectivity index (χ1) is 16.6. The van der Waals surface area contributed by atoms with Gasteiger partial charge >= 0.3 is 0 Å². The number of rotatable bonds is 6. The Morgan fingerprint density at radius 1 is 1.06 bits per heavy atom. The van der Waals surface area contributed by atoms with E-state index in [1.807, 2.05) is 42.3 Å². The lowest BCUT2D eigenvalue weighted by molar-refractivity contribution is -0.132. The van der Waals surface area contributed by atoms with Crippen molar-refractivity contribution >= 4 is 28.6 Å². The summed E-state index contributed by atoms with van der Waals surface area (Å²) in [5.41, 5.74) is 4.19. The Bertz CT molecular complexity index is 1300. The molecule has 1 aliphatic rings. The van der Waals surface area contributed by atoms with E-state index < -0.39 is 0 Å². The first kappa shape index (κ1) is 22.7. The van der Waals surface area contributed by atoms with E-state index in [4.69, 9.17) is 0 Å². The predicted octanol–water partition coefficient (Wildman–Crippen LogP) is 4.37. The third kappa shape index (κ3) is 4.23. The van der Waals surface area contributed by atoms with Crippen molar-refractivity contribution in [3.63, 3.8) is 0 Å². The zero-order valence-corrected chi connectivity index (χ0v) is 20.7. The minimum absolute atomic E-state index is 0.161. The van der Waals surface area contributed by atoms with Gasteiger partial charge in [-0.2, -0.15) is 0 Å². The Hall–Kier alpha value is -3.10. The van der Waals surface area contributed by atoms with Gasteiger partial charge < -0.3 is 14.8 Å². The Morgan fingerprint density at radius 2 is 1.79 bits per heavy atom. The van der Waals surface area contributed by atoms with E-state index in [-0.39, 0.29) is 11.2 Å². The summed E-state index contributed by atoms with van der Waals surface area (Å²) in [6.07, 6.45) is 1.99. The van der Waals surface area contributed by atoms with E-state index in [9.17, 15) is 4.79 Å². The van der Waals surface area contributed by atoms with Crippen molar-refractivity contribution in [2.75, 3.05) is 32.7 Å². The fourth-order valence-electron chi connectivity index (χ4n) is 4.56. The highest BCUT2D eigenvalue weighted by Crippen LogP contribution is 2.34. The summed E-state index contributed by atoms with van der Waals surface area (Å²) in [5, 5.41) is 10.8. The van der Waals surface area contributed by atoms with E-state index in [1.165, 1.54) is 11.8 Å². The van der Waals surface area contributed by atoms with Crippen LogP contribution in [-0.4, -0.2) is 73.4 Å². The maximum Gasteiger partial charge on any atom is 0.235 e. The second-order valence-electron chi connectivity index (χ2n) is 8.70. The number of nitrogens with one attached hydrogen (secondary N) is 1. The molecule has 1 amide bonds. The van der Waals surface area contributed by atoms with Crippen LogP contribution in [0.1, 0.15) is 19.4 Å². The third-order valence-electron chi connectivity index (χ3n) is 6.58. The number of carbonyl (C=O) groups excluding carboxylic acids is 1. The maximum absolute atomic E-state index is 13.2. The topological polar surface area (TPSA) is 70.1 Å². The molecule has 3 heterocycles. The van der Waals surface area contributed by atoms with Crippen LogP contribution in [0.4, 0.5) is 0 Å². The van der Waals surface area contributed by atoms with E-state index in [2.05, 4.69) is 62.8 Å². The first-order valence-corrected chi connectivity index (χ1v) is 12.7. The quantitative estimate of drug-likeness (QED) is 0.420. The summed E-state index contributed by atoms with van der Waals surface area (Å²) in [4.78, 5) is 21.0. The fourth-order valence-corrected chi connectivity index (χ4v) is 5.50. The molecule has 176 valence electrons. The van der Waals surface area contributed by atoms with Gasteiger partial charge in [-0.05, 0) is 38.1 Å². The first-order valence-electron chi connectivity index (χ1n) is 11.8. The molecule has 2 aromatic heterocycles. The molecule has 0 radical (unpaired) electrons. The molecule has 34 heavy (non-hydrogen) atoms. The number of likely N-dealkylation sites (N-methyl/N-ethyl adjacent to an activating group) is 1. The lowest BCUT2D eigenvalue weighted by atomic mass is 10.1. The standard InChI is InChI=1S/C26H30N6OS/c1-4-30-13-15-31(16-14-30)25(33)19(3)34-26-29-28-24(32(26)23-12-8-5-9-18(23)2)21-17-27-22-11-7-6-10-20(21)22/h5-12,17,19,27H,4,13-16H2,1-3H3. The molecule has 1 unspecified atom stereocenters. The number of para-hydroxylation sites is 2. The molecule has 1 N–H and O–H groups in total. The number of carbonyl (C=O) groups is 1. The van der Waals surface area contributed by atoms with Gasteiger partial charge in [0, 0.05) is 48.8 Å². The van der Waals surface area contributed by atoms with Crippen LogP contribution in [0.3, 0.4) is 0 Å². The molecule has 2 aromatic carbocycles. The van der Waals surface area contributed by atoms with E-state index >= 15 is 0 Å². The van der Waals surface area contributed by atoms with Gasteiger partial charge in [0.05, 0.1) is 10.9 Å². The smallest absolute Gasteiger partial charge is 0.235 e. The molecule has 8 heteroatoms. The zero-order valence-electron chi connectivity index (χ0n) is 19.9.